The van der Waals surface area contributed by atoms with Gasteiger partial charge in [0.2, 0.25) is 0 Å². The van der Waals surface area contributed by atoms with Crippen LogP contribution in [0.4, 0.5) is 4.39 Å². The van der Waals surface area contributed by atoms with Crippen molar-refractivity contribution < 1.29 is 9.18 Å². The average molecular weight is 385 g/mol. The molecule has 140 valence electrons. The average Bonchev–Trinajstić information content (AvgIpc) is 2.96. The molecular weight excluding hydrogens is 365 g/mol. The van der Waals surface area contributed by atoms with E-state index < -0.39 is 5.82 Å². The molecule has 0 spiro atoms. The van der Waals surface area contributed by atoms with Gasteiger partial charge in [-0.3, -0.25) is 9.59 Å². The number of hydrogen-bond acceptors (Lipinski definition) is 4. The number of thiophene rings is 1. The highest BCUT2D eigenvalue weighted by Gasteiger charge is 2.28. The van der Waals surface area contributed by atoms with Crippen molar-refractivity contribution in [3.05, 3.63) is 62.3 Å². The third-order valence-electron chi connectivity index (χ3n) is 5.26. The maximum absolute atomic E-state index is 14.0. The maximum atomic E-state index is 14.0. The summed E-state index contributed by atoms with van der Waals surface area (Å²) >= 11 is 1.52. The molecule has 0 saturated carbocycles. The second-order valence-electron chi connectivity index (χ2n) is 6.98. The van der Waals surface area contributed by atoms with Crippen molar-refractivity contribution in [1.82, 2.24) is 14.9 Å². The van der Waals surface area contributed by atoms with Crippen molar-refractivity contribution in [1.29, 1.82) is 0 Å². The highest BCUT2D eigenvalue weighted by molar-refractivity contribution is 7.18. The van der Waals surface area contributed by atoms with Crippen LogP contribution in [0, 0.1) is 19.7 Å². The Bertz CT molecular complexity index is 1090. The number of aryl methyl sites for hydroxylation is 2. The van der Waals surface area contributed by atoms with Gasteiger partial charge in [-0.2, -0.15) is 0 Å². The quantitative estimate of drug-likeness (QED) is 0.730. The van der Waals surface area contributed by atoms with Gasteiger partial charge in [0, 0.05) is 23.9 Å². The lowest BCUT2D eigenvalue weighted by Gasteiger charge is -2.32. The van der Waals surface area contributed by atoms with Crippen LogP contribution in [0.5, 0.6) is 0 Å². The van der Waals surface area contributed by atoms with Crippen LogP contribution in [0.2, 0.25) is 0 Å². The number of carbonyl (C=O) groups is 1. The van der Waals surface area contributed by atoms with Crippen LogP contribution in [0.15, 0.2) is 29.1 Å². The van der Waals surface area contributed by atoms with Gasteiger partial charge in [-0.25, -0.2) is 9.37 Å². The minimum Gasteiger partial charge on any atom is -0.338 e. The Morgan fingerprint density at radius 3 is 2.89 bits per heavy atom. The number of piperidine rings is 1. The molecule has 1 amide bonds. The van der Waals surface area contributed by atoms with E-state index in [-0.39, 0.29) is 22.9 Å². The fraction of sp³-hybridized carbons (Fsp3) is 0.350. The molecule has 0 bridgehead atoms. The van der Waals surface area contributed by atoms with E-state index in [1.165, 1.54) is 23.5 Å². The molecule has 0 radical (unpaired) electrons. The molecule has 0 aliphatic carbocycles. The Hall–Kier alpha value is -2.54. The number of likely N-dealkylation sites (tertiary alicyclic amines) is 1. The topological polar surface area (TPSA) is 66.1 Å². The van der Waals surface area contributed by atoms with Crippen molar-refractivity contribution in [2.75, 3.05) is 13.1 Å². The summed E-state index contributed by atoms with van der Waals surface area (Å²) in [5.41, 5.74) is 0.921. The van der Waals surface area contributed by atoms with E-state index in [1.807, 2.05) is 13.8 Å². The number of H-pyrrole nitrogens is 1. The van der Waals surface area contributed by atoms with Crippen molar-refractivity contribution in [2.45, 2.75) is 32.6 Å². The van der Waals surface area contributed by atoms with E-state index in [2.05, 4.69) is 9.97 Å². The van der Waals surface area contributed by atoms with E-state index in [4.69, 9.17) is 0 Å². The highest BCUT2D eigenvalue weighted by Crippen LogP contribution is 2.30. The second kappa shape index (κ2) is 6.88. The van der Waals surface area contributed by atoms with Crippen molar-refractivity contribution >= 4 is 27.5 Å². The highest BCUT2D eigenvalue weighted by atomic mass is 32.1. The number of rotatable bonds is 2. The van der Waals surface area contributed by atoms with E-state index in [9.17, 15) is 14.0 Å². The largest absolute Gasteiger partial charge is 0.338 e. The number of nitrogens with one attached hydrogen (secondary N) is 1. The Balaban J connectivity index is 1.64. The molecule has 5 nitrogen and oxygen atoms in total. The predicted molar refractivity (Wildman–Crippen MR) is 104 cm³/mol. The number of amides is 1. The van der Waals surface area contributed by atoms with Gasteiger partial charge in [-0.05, 0) is 44.4 Å². The van der Waals surface area contributed by atoms with E-state index in [0.29, 0.717) is 24.3 Å². The third kappa shape index (κ3) is 3.16. The minimum absolute atomic E-state index is 0.0608. The van der Waals surface area contributed by atoms with E-state index in [1.54, 1.807) is 17.0 Å². The molecule has 1 aliphatic rings. The second-order valence-corrected chi connectivity index (χ2v) is 8.19. The van der Waals surface area contributed by atoms with Crippen LogP contribution in [0.1, 0.15) is 45.4 Å². The normalized spacial score (nSPS) is 17.4. The van der Waals surface area contributed by atoms with Crippen LogP contribution in [0.25, 0.3) is 10.2 Å². The van der Waals surface area contributed by atoms with Crippen LogP contribution < -0.4 is 5.56 Å². The summed E-state index contributed by atoms with van der Waals surface area (Å²) in [6.45, 7) is 4.91. The number of nitrogens with zero attached hydrogens (tertiary/aromatic N) is 2. The summed E-state index contributed by atoms with van der Waals surface area (Å²) in [7, 11) is 0. The van der Waals surface area contributed by atoms with Gasteiger partial charge >= 0.3 is 0 Å². The van der Waals surface area contributed by atoms with Gasteiger partial charge < -0.3 is 9.88 Å². The smallest absolute Gasteiger partial charge is 0.259 e. The molecule has 1 N–H and O–H groups in total. The first-order chi connectivity index (χ1) is 13.0. The lowest BCUT2D eigenvalue weighted by atomic mass is 9.96. The monoisotopic (exact) mass is 385 g/mol. The SMILES string of the molecule is Cc1sc2nc([C@H]3CCCN(C(=O)c4ccccc4F)C3)[nH]c(=O)c2c1C. The molecule has 3 aromatic rings. The number of benzene rings is 1. The lowest BCUT2D eigenvalue weighted by molar-refractivity contribution is 0.0700. The molecule has 27 heavy (non-hydrogen) atoms. The number of carbonyl (C=O) groups excluding carboxylic acids is 1. The number of hydrogen-bond donors (Lipinski definition) is 1. The Kier molecular flexibility index (Phi) is 4.55. The minimum atomic E-state index is -0.512. The van der Waals surface area contributed by atoms with E-state index in [0.717, 1.165) is 28.1 Å². The van der Waals surface area contributed by atoms with Gasteiger partial charge in [-0.15, -0.1) is 11.3 Å². The standard InChI is InChI=1S/C20H20FN3O2S/c1-11-12(2)27-19-16(11)18(25)22-17(23-19)13-6-5-9-24(10-13)20(26)14-7-3-4-8-15(14)21/h3-4,7-8,13H,5-6,9-10H2,1-2H3,(H,22,23,25)/t13-/m0/s1. The first-order valence-corrected chi connectivity index (χ1v) is 9.81. The molecule has 1 aromatic carbocycles. The molecule has 1 fully saturated rings. The molecule has 4 rings (SSSR count). The van der Waals surface area contributed by atoms with Crippen LogP contribution >= 0.6 is 11.3 Å². The zero-order valence-corrected chi connectivity index (χ0v) is 16.0. The Morgan fingerprint density at radius 1 is 1.33 bits per heavy atom. The number of halogens is 1. The summed E-state index contributed by atoms with van der Waals surface area (Å²) in [4.78, 5) is 36.3. The first-order valence-electron chi connectivity index (χ1n) is 8.99. The fourth-order valence-corrected chi connectivity index (χ4v) is 4.69. The van der Waals surface area contributed by atoms with Crippen molar-refractivity contribution in [3.8, 4) is 0 Å². The van der Waals surface area contributed by atoms with Crippen molar-refractivity contribution in [3.63, 3.8) is 0 Å². The Morgan fingerprint density at radius 2 is 2.11 bits per heavy atom. The van der Waals surface area contributed by atoms with E-state index >= 15 is 0 Å². The fourth-order valence-electron chi connectivity index (χ4n) is 3.65. The molecule has 2 aromatic heterocycles. The van der Waals surface area contributed by atoms with Gasteiger partial charge in [0.05, 0.1) is 10.9 Å². The molecule has 7 heteroatoms. The van der Waals surface area contributed by atoms with Gasteiger partial charge in [0.1, 0.15) is 16.5 Å². The molecule has 1 atom stereocenters. The zero-order chi connectivity index (χ0) is 19.1. The molecule has 1 aliphatic heterocycles. The summed E-state index contributed by atoms with van der Waals surface area (Å²) in [6, 6.07) is 6.03. The van der Waals surface area contributed by atoms with Crippen LogP contribution in [-0.4, -0.2) is 33.9 Å². The predicted octanol–water partition coefficient (Wildman–Crippen LogP) is 3.76. The molecule has 3 heterocycles. The summed E-state index contributed by atoms with van der Waals surface area (Å²) in [6.07, 6.45) is 1.62. The molecular formula is C20H20FN3O2S. The lowest BCUT2D eigenvalue weighted by Crippen LogP contribution is -2.40. The van der Waals surface area contributed by atoms with Gasteiger partial charge in [0.25, 0.3) is 11.5 Å². The number of aromatic nitrogens is 2. The zero-order valence-electron chi connectivity index (χ0n) is 15.2. The Labute approximate surface area is 159 Å². The van der Waals surface area contributed by atoms with Gasteiger partial charge in [0.15, 0.2) is 0 Å². The summed E-state index contributed by atoms with van der Waals surface area (Å²) in [5, 5.41) is 0.649. The molecule has 0 unspecified atom stereocenters. The first kappa shape index (κ1) is 17.9. The van der Waals surface area contributed by atoms with Gasteiger partial charge in [-0.1, -0.05) is 12.1 Å². The summed E-state index contributed by atoms with van der Waals surface area (Å²) < 4.78 is 14.0. The number of fused-ring (bicyclic) bond motifs is 1. The maximum Gasteiger partial charge on any atom is 0.259 e. The van der Waals surface area contributed by atoms with Crippen molar-refractivity contribution in [2.24, 2.45) is 0 Å². The van der Waals surface area contributed by atoms with Crippen LogP contribution in [-0.2, 0) is 0 Å². The molecule has 1 saturated heterocycles. The summed E-state index contributed by atoms with van der Waals surface area (Å²) in [5.74, 6) is -0.278. The number of aromatic amines is 1. The van der Waals surface area contributed by atoms with Crippen LogP contribution in [0.3, 0.4) is 0 Å². The third-order valence-corrected chi connectivity index (χ3v) is 6.36.